The summed E-state index contributed by atoms with van der Waals surface area (Å²) in [5.74, 6) is 0.800. The summed E-state index contributed by atoms with van der Waals surface area (Å²) < 4.78 is 0. The molecule has 3 unspecified atom stereocenters. The molecule has 82 valence electrons. The maximum Gasteiger partial charge on any atom is 0.111 e. The van der Waals surface area contributed by atoms with Gasteiger partial charge in [-0.2, -0.15) is 0 Å². The molecule has 0 saturated heterocycles. The molecule has 0 bridgehead atoms. The molecule has 1 fully saturated rings. The zero-order valence-corrected chi connectivity index (χ0v) is 9.35. The van der Waals surface area contributed by atoms with Crippen molar-refractivity contribution in [2.24, 2.45) is 11.8 Å². The minimum absolute atomic E-state index is 0.253. The lowest BCUT2D eigenvalue weighted by Gasteiger charge is -2.41. The van der Waals surface area contributed by atoms with E-state index in [0.717, 1.165) is 18.5 Å². The van der Waals surface area contributed by atoms with E-state index in [9.17, 15) is 5.11 Å². The molecule has 0 amide bonds. The van der Waals surface area contributed by atoms with Crippen LogP contribution >= 0.6 is 0 Å². The Morgan fingerprint density at radius 1 is 1.40 bits per heavy atom. The number of aliphatic hydroxyl groups is 1. The highest BCUT2D eigenvalue weighted by Crippen LogP contribution is 2.43. The van der Waals surface area contributed by atoms with Crippen molar-refractivity contribution < 1.29 is 5.11 Å². The van der Waals surface area contributed by atoms with E-state index < -0.39 is 5.60 Å². The van der Waals surface area contributed by atoms with E-state index in [0.29, 0.717) is 5.92 Å². The van der Waals surface area contributed by atoms with Crippen LogP contribution in [-0.4, -0.2) is 15.1 Å². The molecule has 15 heavy (non-hydrogen) atoms. The summed E-state index contributed by atoms with van der Waals surface area (Å²) in [6.45, 7) is 4.31. The molecule has 3 atom stereocenters. The van der Waals surface area contributed by atoms with Crippen LogP contribution in [0, 0.1) is 11.8 Å². The first-order chi connectivity index (χ1) is 7.14. The molecule has 1 aliphatic rings. The molecular weight excluding hydrogens is 188 g/mol. The smallest absolute Gasteiger partial charge is 0.111 e. The maximum absolute atomic E-state index is 10.7. The van der Waals surface area contributed by atoms with E-state index in [4.69, 9.17) is 0 Å². The standard InChI is InChI=1S/C12H18N2O/c1-9-4-3-5-12(15,10(9)2)11-8-13-6-7-14-11/h6-10,15H,3-5H2,1-2H3. The fraction of sp³-hybridized carbons (Fsp3) is 0.667. The molecule has 1 aliphatic carbocycles. The van der Waals surface area contributed by atoms with Gasteiger partial charge in [-0.1, -0.05) is 20.3 Å². The van der Waals surface area contributed by atoms with Gasteiger partial charge in [0.15, 0.2) is 0 Å². The zero-order valence-electron chi connectivity index (χ0n) is 9.35. The van der Waals surface area contributed by atoms with Gasteiger partial charge < -0.3 is 5.11 Å². The molecule has 1 saturated carbocycles. The lowest BCUT2D eigenvalue weighted by atomic mass is 9.69. The van der Waals surface area contributed by atoms with Gasteiger partial charge in [0.2, 0.25) is 0 Å². The van der Waals surface area contributed by atoms with Crippen LogP contribution in [0.1, 0.15) is 38.8 Å². The monoisotopic (exact) mass is 206 g/mol. The van der Waals surface area contributed by atoms with E-state index >= 15 is 0 Å². The Morgan fingerprint density at radius 3 is 2.87 bits per heavy atom. The minimum atomic E-state index is -0.772. The topological polar surface area (TPSA) is 46.0 Å². The minimum Gasteiger partial charge on any atom is -0.383 e. The van der Waals surface area contributed by atoms with Crippen LogP contribution in [0.15, 0.2) is 18.6 Å². The van der Waals surface area contributed by atoms with Crippen molar-refractivity contribution in [3.63, 3.8) is 0 Å². The molecule has 3 heteroatoms. The lowest BCUT2D eigenvalue weighted by Crippen LogP contribution is -2.41. The van der Waals surface area contributed by atoms with Crippen molar-refractivity contribution in [1.29, 1.82) is 0 Å². The lowest BCUT2D eigenvalue weighted by molar-refractivity contribution is -0.0724. The van der Waals surface area contributed by atoms with Gasteiger partial charge >= 0.3 is 0 Å². The second-order valence-electron chi connectivity index (χ2n) is 4.67. The van der Waals surface area contributed by atoms with Crippen LogP contribution < -0.4 is 0 Å². The summed E-state index contributed by atoms with van der Waals surface area (Å²) in [7, 11) is 0. The van der Waals surface area contributed by atoms with Crippen molar-refractivity contribution >= 4 is 0 Å². The molecule has 1 N–H and O–H groups in total. The van der Waals surface area contributed by atoms with Crippen molar-refractivity contribution in [3.8, 4) is 0 Å². The van der Waals surface area contributed by atoms with Crippen LogP contribution in [0.4, 0.5) is 0 Å². The van der Waals surface area contributed by atoms with Crippen LogP contribution in [-0.2, 0) is 5.60 Å². The number of aromatic nitrogens is 2. The van der Waals surface area contributed by atoms with Crippen molar-refractivity contribution in [3.05, 3.63) is 24.3 Å². The largest absolute Gasteiger partial charge is 0.383 e. The van der Waals surface area contributed by atoms with Gasteiger partial charge in [0.05, 0.1) is 11.9 Å². The molecule has 0 spiro atoms. The summed E-state index contributed by atoms with van der Waals surface area (Å²) in [4.78, 5) is 8.29. The summed E-state index contributed by atoms with van der Waals surface area (Å²) >= 11 is 0. The summed E-state index contributed by atoms with van der Waals surface area (Å²) in [6, 6.07) is 0. The molecular formula is C12H18N2O. The maximum atomic E-state index is 10.7. The Balaban J connectivity index is 2.32. The summed E-state index contributed by atoms with van der Waals surface area (Å²) in [6.07, 6.45) is 8.05. The number of hydrogen-bond acceptors (Lipinski definition) is 3. The average molecular weight is 206 g/mol. The number of hydrogen-bond donors (Lipinski definition) is 1. The highest BCUT2D eigenvalue weighted by atomic mass is 16.3. The first-order valence-corrected chi connectivity index (χ1v) is 5.63. The first kappa shape index (κ1) is 10.6. The first-order valence-electron chi connectivity index (χ1n) is 5.63. The van der Waals surface area contributed by atoms with Gasteiger partial charge in [-0.05, 0) is 24.7 Å². The Morgan fingerprint density at radius 2 is 2.20 bits per heavy atom. The molecule has 2 rings (SSSR count). The Kier molecular flexibility index (Phi) is 2.74. The van der Waals surface area contributed by atoms with Gasteiger partial charge in [-0.15, -0.1) is 0 Å². The predicted molar refractivity (Wildman–Crippen MR) is 58.1 cm³/mol. The highest BCUT2D eigenvalue weighted by Gasteiger charge is 2.42. The predicted octanol–water partition coefficient (Wildman–Crippen LogP) is 2.12. The van der Waals surface area contributed by atoms with Crippen molar-refractivity contribution in [1.82, 2.24) is 9.97 Å². The fourth-order valence-corrected chi connectivity index (χ4v) is 2.53. The van der Waals surface area contributed by atoms with Crippen LogP contribution in [0.2, 0.25) is 0 Å². The van der Waals surface area contributed by atoms with E-state index in [1.54, 1.807) is 18.6 Å². The van der Waals surface area contributed by atoms with Gasteiger partial charge in [-0.25, -0.2) is 0 Å². The quantitative estimate of drug-likeness (QED) is 0.765. The fourth-order valence-electron chi connectivity index (χ4n) is 2.53. The summed E-state index contributed by atoms with van der Waals surface area (Å²) in [5, 5.41) is 10.7. The molecule has 0 radical (unpaired) electrons. The van der Waals surface area contributed by atoms with Crippen molar-refractivity contribution in [2.45, 2.75) is 38.7 Å². The highest BCUT2D eigenvalue weighted by molar-refractivity contribution is 5.11. The average Bonchev–Trinajstić information content (AvgIpc) is 2.27. The molecule has 0 aromatic carbocycles. The van der Waals surface area contributed by atoms with Crippen molar-refractivity contribution in [2.75, 3.05) is 0 Å². The number of nitrogens with zero attached hydrogens (tertiary/aromatic N) is 2. The molecule has 1 aromatic heterocycles. The second kappa shape index (κ2) is 3.89. The molecule has 1 heterocycles. The van der Waals surface area contributed by atoms with Crippen LogP contribution in [0.25, 0.3) is 0 Å². The van der Waals surface area contributed by atoms with Gasteiger partial charge in [0.1, 0.15) is 5.60 Å². The molecule has 1 aromatic rings. The third-order valence-corrected chi connectivity index (χ3v) is 3.83. The van der Waals surface area contributed by atoms with Crippen LogP contribution in [0.5, 0.6) is 0 Å². The third kappa shape index (κ3) is 1.76. The Bertz CT molecular complexity index is 328. The SMILES string of the molecule is CC1CCCC(O)(c2cnccn2)C1C. The van der Waals surface area contributed by atoms with E-state index in [1.807, 2.05) is 0 Å². The second-order valence-corrected chi connectivity index (χ2v) is 4.67. The molecule has 0 aliphatic heterocycles. The van der Waals surface area contributed by atoms with Gasteiger partial charge in [-0.3, -0.25) is 9.97 Å². The van der Waals surface area contributed by atoms with E-state index in [1.165, 1.54) is 6.42 Å². The zero-order chi connectivity index (χ0) is 10.9. The Labute approximate surface area is 90.6 Å². The number of rotatable bonds is 1. The molecule has 3 nitrogen and oxygen atoms in total. The van der Waals surface area contributed by atoms with E-state index in [-0.39, 0.29) is 5.92 Å². The van der Waals surface area contributed by atoms with Crippen LogP contribution in [0.3, 0.4) is 0 Å². The normalized spacial score (nSPS) is 36.5. The van der Waals surface area contributed by atoms with Gasteiger partial charge in [0, 0.05) is 12.4 Å². The van der Waals surface area contributed by atoms with E-state index in [2.05, 4.69) is 23.8 Å². The third-order valence-electron chi connectivity index (χ3n) is 3.83. The Hall–Kier alpha value is -0.960. The summed E-state index contributed by atoms with van der Waals surface area (Å²) in [5.41, 5.74) is -0.0459. The van der Waals surface area contributed by atoms with Gasteiger partial charge in [0.25, 0.3) is 0 Å².